The Labute approximate surface area is 153 Å². The minimum absolute atomic E-state index is 0.00664. The van der Waals surface area contributed by atoms with Gasteiger partial charge in [-0.25, -0.2) is 0 Å². The lowest BCUT2D eigenvalue weighted by molar-refractivity contribution is -0.139. The van der Waals surface area contributed by atoms with E-state index in [0.29, 0.717) is 11.3 Å². The molecule has 0 atom stereocenters. The summed E-state index contributed by atoms with van der Waals surface area (Å²) < 4.78 is 44.7. The zero-order chi connectivity index (χ0) is 19.6. The van der Waals surface area contributed by atoms with Crippen molar-refractivity contribution in [1.82, 2.24) is 0 Å². The summed E-state index contributed by atoms with van der Waals surface area (Å²) in [5, 5.41) is 2.62. The predicted octanol–water partition coefficient (Wildman–Crippen LogP) is 3.63. The number of ether oxygens (including phenoxy) is 1. The van der Waals surface area contributed by atoms with Crippen LogP contribution in [0, 0.1) is 0 Å². The van der Waals surface area contributed by atoms with E-state index in [-0.39, 0.29) is 42.8 Å². The molecule has 1 aliphatic rings. The highest BCUT2D eigenvalue weighted by molar-refractivity contribution is 5.97. The molecule has 0 saturated heterocycles. The van der Waals surface area contributed by atoms with Crippen LogP contribution in [-0.4, -0.2) is 25.0 Å². The van der Waals surface area contributed by atoms with Gasteiger partial charge in [0.15, 0.2) is 5.75 Å². The minimum Gasteiger partial charge on any atom is -0.489 e. The van der Waals surface area contributed by atoms with Crippen molar-refractivity contribution in [2.75, 3.05) is 23.4 Å². The van der Waals surface area contributed by atoms with Crippen LogP contribution in [0.15, 0.2) is 42.5 Å². The van der Waals surface area contributed by atoms with Crippen molar-refractivity contribution in [1.29, 1.82) is 0 Å². The average molecular weight is 378 g/mol. The van der Waals surface area contributed by atoms with Gasteiger partial charge >= 0.3 is 6.18 Å². The molecule has 2 aromatic rings. The summed E-state index contributed by atoms with van der Waals surface area (Å²) in [5.41, 5.74) is 0.521. The number of nitrogens with one attached hydrogen (secondary N) is 1. The van der Waals surface area contributed by atoms with Gasteiger partial charge in [-0.3, -0.25) is 9.59 Å². The molecule has 142 valence electrons. The molecule has 0 bridgehead atoms. The Kier molecular flexibility index (Phi) is 5.07. The number of halogens is 3. The Bertz CT molecular complexity index is 863. The van der Waals surface area contributed by atoms with Crippen LogP contribution in [0.25, 0.3) is 0 Å². The van der Waals surface area contributed by atoms with E-state index < -0.39 is 11.7 Å². The molecular weight excluding hydrogens is 361 g/mol. The van der Waals surface area contributed by atoms with Crippen LogP contribution in [-0.2, 0) is 22.2 Å². The van der Waals surface area contributed by atoms with Crippen LogP contribution in [0.3, 0.4) is 0 Å². The molecular formula is C19H17F3N2O3. The van der Waals surface area contributed by atoms with E-state index in [9.17, 15) is 22.8 Å². The molecule has 27 heavy (non-hydrogen) atoms. The Morgan fingerprint density at radius 3 is 2.48 bits per heavy atom. The molecule has 2 amide bonds. The molecule has 2 aromatic carbocycles. The highest BCUT2D eigenvalue weighted by Gasteiger charge is 2.38. The van der Waals surface area contributed by atoms with Gasteiger partial charge in [-0.15, -0.1) is 0 Å². The van der Waals surface area contributed by atoms with Crippen LogP contribution in [0.5, 0.6) is 5.75 Å². The zero-order valence-electron chi connectivity index (χ0n) is 14.5. The third kappa shape index (κ3) is 4.21. The summed E-state index contributed by atoms with van der Waals surface area (Å²) in [4.78, 5) is 25.0. The summed E-state index contributed by atoms with van der Waals surface area (Å²) in [5.74, 6) is -0.846. The number of alkyl halides is 3. The van der Waals surface area contributed by atoms with Crippen molar-refractivity contribution in [2.45, 2.75) is 19.5 Å². The van der Waals surface area contributed by atoms with E-state index in [2.05, 4.69) is 5.32 Å². The van der Waals surface area contributed by atoms with Gasteiger partial charge in [-0.2, -0.15) is 13.2 Å². The molecule has 0 aliphatic carbocycles. The second-order valence-electron chi connectivity index (χ2n) is 6.10. The first-order valence-corrected chi connectivity index (χ1v) is 8.25. The summed E-state index contributed by atoms with van der Waals surface area (Å²) in [7, 11) is 0. The van der Waals surface area contributed by atoms with E-state index in [1.165, 1.54) is 24.0 Å². The van der Waals surface area contributed by atoms with Crippen molar-refractivity contribution >= 4 is 23.2 Å². The van der Waals surface area contributed by atoms with Crippen LogP contribution in [0.2, 0.25) is 0 Å². The van der Waals surface area contributed by atoms with Crippen LogP contribution in [0.4, 0.5) is 24.5 Å². The summed E-state index contributed by atoms with van der Waals surface area (Å²) >= 11 is 0. The fourth-order valence-electron chi connectivity index (χ4n) is 2.91. The summed E-state index contributed by atoms with van der Waals surface area (Å²) in [6, 6.07) is 10.4. The van der Waals surface area contributed by atoms with Crippen LogP contribution >= 0.6 is 0 Å². The largest absolute Gasteiger partial charge is 0.489 e. The average Bonchev–Trinajstić information content (AvgIpc) is 2.61. The number of fused-ring (bicyclic) bond motifs is 1. The van der Waals surface area contributed by atoms with E-state index >= 15 is 0 Å². The first kappa shape index (κ1) is 18.8. The molecule has 8 heteroatoms. The fraction of sp³-hybridized carbons (Fsp3) is 0.263. The monoisotopic (exact) mass is 378 g/mol. The number of carbonyl (C=O) groups is 2. The second kappa shape index (κ2) is 7.30. The van der Waals surface area contributed by atoms with Crippen molar-refractivity contribution < 1.29 is 27.5 Å². The number of nitrogens with zero attached hydrogens (tertiary/aromatic N) is 1. The maximum atomic E-state index is 13.2. The molecule has 0 saturated carbocycles. The van der Waals surface area contributed by atoms with Crippen LogP contribution in [0.1, 0.15) is 18.1 Å². The fourth-order valence-corrected chi connectivity index (χ4v) is 2.91. The highest BCUT2D eigenvalue weighted by Crippen LogP contribution is 2.43. The third-order valence-electron chi connectivity index (χ3n) is 4.08. The Hall–Kier alpha value is -3.03. The topological polar surface area (TPSA) is 58.6 Å². The summed E-state index contributed by atoms with van der Waals surface area (Å²) in [6.45, 7) is 1.56. The number of hydrogen-bond donors (Lipinski definition) is 1. The lowest BCUT2D eigenvalue weighted by Crippen LogP contribution is -2.39. The SMILES string of the molecule is CC(=O)Nc1ccc(CC(=O)N2CCOc3c2cccc3C(F)(F)F)cc1. The number of carbonyl (C=O) groups excluding carboxylic acids is 2. The van der Waals surface area contributed by atoms with Gasteiger partial charge in [0.05, 0.1) is 24.2 Å². The lowest BCUT2D eigenvalue weighted by atomic mass is 10.1. The zero-order valence-corrected chi connectivity index (χ0v) is 14.5. The number of amides is 2. The van der Waals surface area contributed by atoms with E-state index in [4.69, 9.17) is 4.74 Å². The van der Waals surface area contributed by atoms with Gasteiger partial charge in [-0.1, -0.05) is 18.2 Å². The molecule has 0 radical (unpaired) electrons. The maximum absolute atomic E-state index is 13.2. The quantitative estimate of drug-likeness (QED) is 0.887. The van der Waals surface area contributed by atoms with Gasteiger partial charge in [0.2, 0.25) is 11.8 Å². The number of rotatable bonds is 3. The Balaban J connectivity index is 1.80. The number of anilines is 2. The molecule has 0 spiro atoms. The highest BCUT2D eigenvalue weighted by atomic mass is 19.4. The van der Waals surface area contributed by atoms with Crippen molar-refractivity contribution in [3.05, 3.63) is 53.6 Å². The second-order valence-corrected chi connectivity index (χ2v) is 6.10. The molecule has 0 aromatic heterocycles. The third-order valence-corrected chi connectivity index (χ3v) is 4.08. The van der Waals surface area contributed by atoms with Crippen molar-refractivity contribution in [2.24, 2.45) is 0 Å². The molecule has 3 rings (SSSR count). The molecule has 5 nitrogen and oxygen atoms in total. The van der Waals surface area contributed by atoms with E-state index in [0.717, 1.165) is 6.07 Å². The normalized spacial score (nSPS) is 13.6. The minimum atomic E-state index is -4.56. The number of benzene rings is 2. The molecule has 1 heterocycles. The van der Waals surface area contributed by atoms with Gasteiger partial charge in [-0.05, 0) is 29.8 Å². The molecule has 0 unspecified atom stereocenters. The maximum Gasteiger partial charge on any atom is 0.420 e. The molecule has 1 aliphatic heterocycles. The van der Waals surface area contributed by atoms with E-state index in [1.807, 2.05) is 0 Å². The Morgan fingerprint density at radius 2 is 1.85 bits per heavy atom. The van der Waals surface area contributed by atoms with Gasteiger partial charge in [0.1, 0.15) is 6.61 Å². The molecule has 0 fully saturated rings. The van der Waals surface area contributed by atoms with Crippen molar-refractivity contribution in [3.8, 4) is 5.75 Å². The first-order chi connectivity index (χ1) is 12.8. The predicted molar refractivity (Wildman–Crippen MR) is 93.7 cm³/mol. The number of para-hydroxylation sites is 1. The van der Waals surface area contributed by atoms with E-state index in [1.54, 1.807) is 24.3 Å². The lowest BCUT2D eigenvalue weighted by Gasteiger charge is -2.31. The standard InChI is InChI=1S/C19H17F3N2O3/c1-12(25)23-14-7-5-13(6-8-14)11-17(26)24-9-10-27-18-15(19(20,21)22)3-2-4-16(18)24/h2-8H,9-11H2,1H3,(H,23,25). The van der Waals surface area contributed by atoms with Gasteiger partial charge in [0.25, 0.3) is 0 Å². The van der Waals surface area contributed by atoms with Crippen molar-refractivity contribution in [3.63, 3.8) is 0 Å². The molecule has 1 N–H and O–H groups in total. The van der Waals surface area contributed by atoms with Crippen LogP contribution < -0.4 is 15.0 Å². The summed E-state index contributed by atoms with van der Waals surface area (Å²) in [6.07, 6.45) is -4.53. The number of hydrogen-bond acceptors (Lipinski definition) is 3. The van der Waals surface area contributed by atoms with Gasteiger partial charge < -0.3 is 15.0 Å². The first-order valence-electron chi connectivity index (χ1n) is 8.25. The van der Waals surface area contributed by atoms with Gasteiger partial charge in [0, 0.05) is 12.6 Å². The smallest absolute Gasteiger partial charge is 0.420 e. The Morgan fingerprint density at radius 1 is 1.15 bits per heavy atom.